The van der Waals surface area contributed by atoms with Crippen LogP contribution in [0.15, 0.2) is 74.7 Å². The first-order valence-corrected chi connectivity index (χ1v) is 11.1. The maximum atomic E-state index is 12.4. The molecule has 0 unspecified atom stereocenters. The molecule has 3 aromatic carbocycles. The molecule has 8 heteroatoms. The Kier molecular flexibility index (Phi) is 6.68. The number of carbonyl (C=O) groups excluding carboxylic acids is 1. The lowest BCUT2D eigenvalue weighted by atomic mass is 10.0. The van der Waals surface area contributed by atoms with E-state index in [2.05, 4.69) is 26.5 Å². The SMILES string of the molecule is O=C(Cc1ccc(Br)c2ccccc12)N/N=C/c1ccc(-c2cc(Cl)c(Cl)cc2Cl)o1. The summed E-state index contributed by atoms with van der Waals surface area (Å²) in [5, 5.41) is 7.22. The lowest BCUT2D eigenvalue weighted by Gasteiger charge is -2.07. The average Bonchev–Trinajstić information content (AvgIpc) is 3.21. The van der Waals surface area contributed by atoms with Crippen molar-refractivity contribution in [3.05, 3.63) is 91.5 Å². The molecule has 0 spiro atoms. The van der Waals surface area contributed by atoms with Crippen molar-refractivity contribution in [2.75, 3.05) is 0 Å². The Labute approximate surface area is 201 Å². The quantitative estimate of drug-likeness (QED) is 0.163. The smallest absolute Gasteiger partial charge is 0.244 e. The van der Waals surface area contributed by atoms with E-state index in [0.29, 0.717) is 32.2 Å². The first-order chi connectivity index (χ1) is 14.9. The van der Waals surface area contributed by atoms with Crippen molar-refractivity contribution in [1.29, 1.82) is 0 Å². The second-order valence-electron chi connectivity index (χ2n) is 6.67. The van der Waals surface area contributed by atoms with Crippen molar-refractivity contribution < 1.29 is 9.21 Å². The number of nitrogens with zero attached hydrogens (tertiary/aromatic N) is 1. The molecule has 1 N–H and O–H groups in total. The predicted molar refractivity (Wildman–Crippen MR) is 130 cm³/mol. The zero-order valence-corrected chi connectivity index (χ0v) is 19.7. The van der Waals surface area contributed by atoms with Crippen LogP contribution < -0.4 is 5.43 Å². The van der Waals surface area contributed by atoms with Crippen LogP contribution >= 0.6 is 50.7 Å². The Bertz CT molecular complexity index is 1320. The van der Waals surface area contributed by atoms with Crippen LogP contribution in [0, 0.1) is 0 Å². The van der Waals surface area contributed by atoms with Gasteiger partial charge in [0, 0.05) is 10.0 Å². The molecule has 4 rings (SSSR count). The lowest BCUT2D eigenvalue weighted by Crippen LogP contribution is -2.19. The van der Waals surface area contributed by atoms with Gasteiger partial charge < -0.3 is 4.42 Å². The third-order valence-corrected chi connectivity index (χ3v) is 6.32. The molecule has 0 aliphatic carbocycles. The van der Waals surface area contributed by atoms with E-state index >= 15 is 0 Å². The van der Waals surface area contributed by atoms with Crippen LogP contribution in [-0.4, -0.2) is 12.1 Å². The second-order valence-corrected chi connectivity index (χ2v) is 8.75. The first kappa shape index (κ1) is 21.9. The molecule has 156 valence electrons. The first-order valence-electron chi connectivity index (χ1n) is 9.15. The van der Waals surface area contributed by atoms with Gasteiger partial charge in [0.25, 0.3) is 0 Å². The van der Waals surface area contributed by atoms with E-state index in [1.807, 2.05) is 36.4 Å². The highest BCUT2D eigenvalue weighted by atomic mass is 79.9. The lowest BCUT2D eigenvalue weighted by molar-refractivity contribution is -0.120. The van der Waals surface area contributed by atoms with Crippen molar-refractivity contribution in [3.63, 3.8) is 0 Å². The van der Waals surface area contributed by atoms with E-state index < -0.39 is 0 Å². The number of hydrogen-bond acceptors (Lipinski definition) is 3. The molecule has 1 aromatic heterocycles. The normalized spacial score (nSPS) is 11.4. The van der Waals surface area contributed by atoms with E-state index in [0.717, 1.165) is 20.8 Å². The summed E-state index contributed by atoms with van der Waals surface area (Å²) in [5.41, 5.74) is 4.06. The fraction of sp³-hybridized carbons (Fsp3) is 0.0435. The predicted octanol–water partition coefficient (Wildman–Crippen LogP) is 7.52. The zero-order chi connectivity index (χ0) is 22.0. The monoisotopic (exact) mass is 534 g/mol. The molecule has 0 aliphatic rings. The third kappa shape index (κ3) is 4.96. The molecule has 0 radical (unpaired) electrons. The van der Waals surface area contributed by atoms with Crippen molar-refractivity contribution in [1.82, 2.24) is 5.43 Å². The average molecular weight is 537 g/mol. The van der Waals surface area contributed by atoms with Crippen LogP contribution in [0.1, 0.15) is 11.3 Å². The van der Waals surface area contributed by atoms with Gasteiger partial charge in [0.15, 0.2) is 0 Å². The van der Waals surface area contributed by atoms with Crippen molar-refractivity contribution in [3.8, 4) is 11.3 Å². The maximum absolute atomic E-state index is 12.4. The highest BCUT2D eigenvalue weighted by Gasteiger charge is 2.12. The van der Waals surface area contributed by atoms with Crippen molar-refractivity contribution in [2.45, 2.75) is 6.42 Å². The Morgan fingerprint density at radius 2 is 1.71 bits per heavy atom. The number of rotatable bonds is 5. The number of furan rings is 1. The maximum Gasteiger partial charge on any atom is 0.244 e. The minimum atomic E-state index is -0.233. The molecule has 1 heterocycles. The van der Waals surface area contributed by atoms with Crippen LogP contribution in [-0.2, 0) is 11.2 Å². The molecule has 0 saturated carbocycles. The summed E-state index contributed by atoms with van der Waals surface area (Å²) < 4.78 is 6.71. The van der Waals surface area contributed by atoms with Crippen LogP contribution in [0.3, 0.4) is 0 Å². The molecule has 1 amide bonds. The highest BCUT2D eigenvalue weighted by Crippen LogP contribution is 2.35. The molecule has 0 bridgehead atoms. The van der Waals surface area contributed by atoms with E-state index in [-0.39, 0.29) is 12.3 Å². The van der Waals surface area contributed by atoms with Crippen LogP contribution in [0.4, 0.5) is 0 Å². The van der Waals surface area contributed by atoms with Crippen molar-refractivity contribution in [2.24, 2.45) is 5.10 Å². The van der Waals surface area contributed by atoms with Gasteiger partial charge in [-0.2, -0.15) is 5.10 Å². The van der Waals surface area contributed by atoms with Crippen LogP contribution in [0.5, 0.6) is 0 Å². The summed E-state index contributed by atoms with van der Waals surface area (Å²) in [6.45, 7) is 0. The molecule has 4 nitrogen and oxygen atoms in total. The Morgan fingerprint density at radius 1 is 0.968 bits per heavy atom. The molecule has 0 fully saturated rings. The van der Waals surface area contributed by atoms with Gasteiger partial charge in [-0.1, -0.05) is 81.1 Å². The molecule has 0 aliphatic heterocycles. The second kappa shape index (κ2) is 9.45. The standard InChI is InChI=1S/C23H14BrCl3N2O2/c24-18-7-5-13(15-3-1-2-4-16(15)18)9-23(30)29-28-12-14-6-8-22(31-14)17-10-20(26)21(27)11-19(17)25/h1-8,10-12H,9H2,(H,29,30)/b28-12+. The molecular weight excluding hydrogens is 523 g/mol. The van der Waals surface area contributed by atoms with Gasteiger partial charge in [-0.15, -0.1) is 0 Å². The third-order valence-electron chi connectivity index (χ3n) is 4.60. The van der Waals surface area contributed by atoms with Gasteiger partial charge in [-0.05, 0) is 46.7 Å². The van der Waals surface area contributed by atoms with Crippen molar-refractivity contribution >= 4 is 73.6 Å². The topological polar surface area (TPSA) is 54.6 Å². The molecule has 31 heavy (non-hydrogen) atoms. The largest absolute Gasteiger partial charge is 0.455 e. The number of hydrazone groups is 1. The van der Waals surface area contributed by atoms with Gasteiger partial charge in [0.05, 0.1) is 27.7 Å². The zero-order valence-electron chi connectivity index (χ0n) is 15.8. The van der Waals surface area contributed by atoms with Gasteiger partial charge in [0.2, 0.25) is 5.91 Å². The number of nitrogens with one attached hydrogen (secondary N) is 1. The number of fused-ring (bicyclic) bond motifs is 1. The summed E-state index contributed by atoms with van der Waals surface area (Å²) in [7, 11) is 0. The summed E-state index contributed by atoms with van der Waals surface area (Å²) in [5.74, 6) is 0.729. The van der Waals surface area contributed by atoms with Crippen LogP contribution in [0.2, 0.25) is 15.1 Å². The Morgan fingerprint density at radius 3 is 2.52 bits per heavy atom. The number of carbonyl (C=O) groups is 1. The number of hydrogen-bond donors (Lipinski definition) is 1. The van der Waals surface area contributed by atoms with Gasteiger partial charge in [-0.3, -0.25) is 4.79 Å². The van der Waals surface area contributed by atoms with E-state index in [1.165, 1.54) is 6.21 Å². The number of amides is 1. The molecular formula is C23H14BrCl3N2O2. The molecule has 0 atom stereocenters. The molecule has 0 saturated heterocycles. The highest BCUT2D eigenvalue weighted by molar-refractivity contribution is 9.10. The number of halogens is 4. The summed E-state index contributed by atoms with van der Waals surface area (Å²) >= 11 is 21.8. The van der Waals surface area contributed by atoms with E-state index in [9.17, 15) is 4.79 Å². The minimum absolute atomic E-state index is 0.202. The van der Waals surface area contributed by atoms with Gasteiger partial charge >= 0.3 is 0 Å². The van der Waals surface area contributed by atoms with E-state index in [1.54, 1.807) is 24.3 Å². The van der Waals surface area contributed by atoms with E-state index in [4.69, 9.17) is 39.2 Å². The summed E-state index contributed by atoms with van der Waals surface area (Å²) in [4.78, 5) is 12.4. The summed E-state index contributed by atoms with van der Waals surface area (Å²) in [6, 6.07) is 18.4. The molecule has 4 aromatic rings. The Hall–Kier alpha value is -2.31. The van der Waals surface area contributed by atoms with Crippen LogP contribution in [0.25, 0.3) is 22.1 Å². The number of benzene rings is 3. The van der Waals surface area contributed by atoms with Gasteiger partial charge in [0.1, 0.15) is 11.5 Å². The Balaban J connectivity index is 1.44. The fourth-order valence-electron chi connectivity index (χ4n) is 3.14. The van der Waals surface area contributed by atoms with Gasteiger partial charge in [-0.25, -0.2) is 5.43 Å². The summed E-state index contributed by atoms with van der Waals surface area (Å²) in [6.07, 6.45) is 1.62. The fourth-order valence-corrected chi connectivity index (χ4v) is 4.26. The minimum Gasteiger partial charge on any atom is -0.455 e.